The van der Waals surface area contributed by atoms with Crippen molar-refractivity contribution in [1.82, 2.24) is 19.8 Å². The Morgan fingerprint density at radius 2 is 1.87 bits per heavy atom. The first-order valence-electron chi connectivity index (χ1n) is 9.83. The Kier molecular flexibility index (Phi) is 6.21. The highest BCUT2D eigenvalue weighted by atomic mass is 16.4. The van der Waals surface area contributed by atoms with Gasteiger partial charge < -0.3 is 20.3 Å². The number of hydrogen-bond donors (Lipinski definition) is 3. The molecule has 2 aromatic rings. The van der Waals surface area contributed by atoms with Gasteiger partial charge in [0.15, 0.2) is 0 Å². The number of benzene rings is 1. The van der Waals surface area contributed by atoms with Gasteiger partial charge in [0.25, 0.3) is 5.56 Å². The minimum Gasteiger partial charge on any atom is -0.480 e. The number of nitrogens with one attached hydrogen (secondary N) is 2. The van der Waals surface area contributed by atoms with Crippen LogP contribution < -0.4 is 21.9 Å². The first kappa shape index (κ1) is 21.5. The Bertz CT molecular complexity index is 1080. The van der Waals surface area contributed by atoms with E-state index in [0.29, 0.717) is 28.8 Å². The second kappa shape index (κ2) is 8.66. The lowest BCUT2D eigenvalue weighted by molar-refractivity contribution is -0.142. The SMILES string of the molecule is Cc1c(-c2ccc(C[C@H](NC(=O)C3CCCN3)C(=O)O)cc2)c(=O)n(C)c(=O)n1C. The molecule has 0 radical (unpaired) electrons. The van der Waals surface area contributed by atoms with E-state index in [1.54, 1.807) is 38.2 Å². The van der Waals surface area contributed by atoms with Crippen LogP contribution in [0.3, 0.4) is 0 Å². The monoisotopic (exact) mass is 414 g/mol. The summed E-state index contributed by atoms with van der Waals surface area (Å²) in [5, 5.41) is 15.2. The number of carbonyl (C=O) groups excluding carboxylic acids is 1. The molecule has 1 saturated heterocycles. The Morgan fingerprint density at radius 1 is 1.20 bits per heavy atom. The minimum absolute atomic E-state index is 0.123. The molecule has 3 rings (SSSR count). The average molecular weight is 414 g/mol. The van der Waals surface area contributed by atoms with E-state index < -0.39 is 17.7 Å². The highest BCUT2D eigenvalue weighted by molar-refractivity contribution is 5.87. The molecule has 1 fully saturated rings. The third-order valence-corrected chi connectivity index (χ3v) is 5.63. The van der Waals surface area contributed by atoms with E-state index in [-0.39, 0.29) is 23.9 Å². The smallest absolute Gasteiger partial charge is 0.330 e. The van der Waals surface area contributed by atoms with E-state index >= 15 is 0 Å². The number of carbonyl (C=O) groups is 2. The third-order valence-electron chi connectivity index (χ3n) is 5.63. The lowest BCUT2D eigenvalue weighted by Crippen LogP contribution is -2.49. The molecular formula is C21H26N4O5. The molecule has 2 heterocycles. The van der Waals surface area contributed by atoms with Gasteiger partial charge in [-0.2, -0.15) is 0 Å². The van der Waals surface area contributed by atoms with Gasteiger partial charge in [-0.15, -0.1) is 0 Å². The molecule has 9 heteroatoms. The van der Waals surface area contributed by atoms with Crippen molar-refractivity contribution in [3.05, 3.63) is 56.4 Å². The van der Waals surface area contributed by atoms with Crippen molar-refractivity contribution in [2.24, 2.45) is 14.1 Å². The quantitative estimate of drug-likeness (QED) is 0.608. The van der Waals surface area contributed by atoms with Gasteiger partial charge in [-0.1, -0.05) is 24.3 Å². The van der Waals surface area contributed by atoms with Crippen LogP contribution in [0.2, 0.25) is 0 Å². The number of nitrogens with zero attached hydrogens (tertiary/aromatic N) is 2. The number of carboxylic acid groups (broad SMARTS) is 1. The van der Waals surface area contributed by atoms with Gasteiger partial charge in [-0.3, -0.25) is 14.2 Å². The van der Waals surface area contributed by atoms with E-state index in [1.807, 2.05) is 0 Å². The van der Waals surface area contributed by atoms with Crippen molar-refractivity contribution in [2.75, 3.05) is 6.54 Å². The summed E-state index contributed by atoms with van der Waals surface area (Å²) in [6.07, 6.45) is 1.71. The topological polar surface area (TPSA) is 122 Å². The van der Waals surface area contributed by atoms with Crippen molar-refractivity contribution in [1.29, 1.82) is 0 Å². The largest absolute Gasteiger partial charge is 0.480 e. The van der Waals surface area contributed by atoms with Crippen LogP contribution in [-0.4, -0.2) is 44.7 Å². The van der Waals surface area contributed by atoms with Gasteiger partial charge in [0.2, 0.25) is 5.91 Å². The Morgan fingerprint density at radius 3 is 2.43 bits per heavy atom. The first-order valence-corrected chi connectivity index (χ1v) is 9.83. The molecular weight excluding hydrogens is 388 g/mol. The molecule has 1 aromatic carbocycles. The summed E-state index contributed by atoms with van der Waals surface area (Å²) in [6.45, 7) is 2.46. The number of aliphatic carboxylic acids is 1. The predicted molar refractivity (Wildman–Crippen MR) is 111 cm³/mol. The fraction of sp³-hybridized carbons (Fsp3) is 0.429. The lowest BCUT2D eigenvalue weighted by atomic mass is 10.00. The van der Waals surface area contributed by atoms with Crippen molar-refractivity contribution < 1.29 is 14.7 Å². The Hall–Kier alpha value is -3.20. The van der Waals surface area contributed by atoms with Crippen LogP contribution in [-0.2, 0) is 30.1 Å². The number of hydrogen-bond acceptors (Lipinski definition) is 5. The summed E-state index contributed by atoms with van der Waals surface area (Å²) in [7, 11) is 3.04. The number of rotatable bonds is 6. The van der Waals surface area contributed by atoms with Crippen LogP contribution in [0.5, 0.6) is 0 Å². The van der Waals surface area contributed by atoms with Crippen LogP contribution in [0.1, 0.15) is 24.1 Å². The molecule has 0 bridgehead atoms. The molecule has 3 N–H and O–H groups in total. The van der Waals surface area contributed by atoms with E-state index in [1.165, 1.54) is 11.6 Å². The van der Waals surface area contributed by atoms with Gasteiger partial charge in [0.1, 0.15) is 6.04 Å². The molecule has 0 spiro atoms. The highest BCUT2D eigenvalue weighted by Crippen LogP contribution is 2.19. The summed E-state index contributed by atoms with van der Waals surface area (Å²) in [6, 6.07) is 5.52. The maximum atomic E-state index is 12.6. The predicted octanol–water partition coefficient (Wildman–Crippen LogP) is -0.0767. The zero-order valence-corrected chi connectivity index (χ0v) is 17.3. The molecule has 0 saturated carbocycles. The average Bonchev–Trinajstić information content (AvgIpc) is 3.26. The molecule has 1 aliphatic heterocycles. The summed E-state index contributed by atoms with van der Waals surface area (Å²) < 4.78 is 2.47. The van der Waals surface area contributed by atoms with E-state index in [0.717, 1.165) is 17.5 Å². The van der Waals surface area contributed by atoms with Gasteiger partial charge in [0, 0.05) is 26.2 Å². The van der Waals surface area contributed by atoms with Crippen LogP contribution >= 0.6 is 0 Å². The van der Waals surface area contributed by atoms with E-state index in [4.69, 9.17) is 0 Å². The van der Waals surface area contributed by atoms with Crippen molar-refractivity contribution in [3.8, 4) is 11.1 Å². The van der Waals surface area contributed by atoms with Crippen molar-refractivity contribution in [2.45, 2.75) is 38.3 Å². The van der Waals surface area contributed by atoms with E-state index in [9.17, 15) is 24.3 Å². The first-order chi connectivity index (χ1) is 14.2. The molecule has 0 aliphatic carbocycles. The van der Waals surface area contributed by atoms with Gasteiger partial charge >= 0.3 is 11.7 Å². The van der Waals surface area contributed by atoms with Gasteiger partial charge in [-0.05, 0) is 37.4 Å². The maximum Gasteiger partial charge on any atom is 0.330 e. The molecule has 30 heavy (non-hydrogen) atoms. The number of carboxylic acids is 1. The Labute approximate surface area is 173 Å². The second-order valence-corrected chi connectivity index (χ2v) is 7.62. The highest BCUT2D eigenvalue weighted by Gasteiger charge is 2.27. The zero-order chi connectivity index (χ0) is 22.0. The number of amides is 1. The van der Waals surface area contributed by atoms with Crippen molar-refractivity contribution >= 4 is 11.9 Å². The normalized spacial score (nSPS) is 17.0. The maximum absolute atomic E-state index is 12.6. The summed E-state index contributed by atoms with van der Waals surface area (Å²) in [5.41, 5.74) is 1.54. The van der Waals surface area contributed by atoms with Gasteiger partial charge in [-0.25, -0.2) is 9.59 Å². The summed E-state index contributed by atoms with van der Waals surface area (Å²) in [5.74, 6) is -1.41. The van der Waals surface area contributed by atoms with Crippen molar-refractivity contribution in [3.63, 3.8) is 0 Å². The third kappa shape index (κ3) is 4.20. The molecule has 1 amide bonds. The molecule has 160 valence electrons. The number of aromatic nitrogens is 2. The Balaban J connectivity index is 1.81. The standard InChI is InChI=1S/C21H26N4O5/c1-12-17(19(27)25(3)21(30)24(12)2)14-8-6-13(7-9-14)11-16(20(28)29)23-18(26)15-5-4-10-22-15/h6-9,15-16,22H,4-5,10-11H2,1-3H3,(H,23,26)(H,28,29)/t15?,16-/m0/s1. The van der Waals surface area contributed by atoms with Crippen LogP contribution in [0, 0.1) is 6.92 Å². The van der Waals surface area contributed by atoms with Crippen LogP contribution in [0.4, 0.5) is 0 Å². The van der Waals surface area contributed by atoms with Gasteiger partial charge in [0.05, 0.1) is 11.6 Å². The zero-order valence-electron chi connectivity index (χ0n) is 17.3. The fourth-order valence-corrected chi connectivity index (χ4v) is 3.70. The fourth-order valence-electron chi connectivity index (χ4n) is 3.70. The molecule has 1 unspecified atom stereocenters. The molecule has 9 nitrogen and oxygen atoms in total. The molecule has 2 atom stereocenters. The minimum atomic E-state index is -1.10. The van der Waals surface area contributed by atoms with Crippen LogP contribution in [0.25, 0.3) is 11.1 Å². The second-order valence-electron chi connectivity index (χ2n) is 7.62. The molecule has 1 aliphatic rings. The summed E-state index contributed by atoms with van der Waals surface area (Å²) >= 11 is 0. The molecule has 1 aromatic heterocycles. The van der Waals surface area contributed by atoms with Crippen LogP contribution in [0.15, 0.2) is 33.9 Å². The summed E-state index contributed by atoms with van der Waals surface area (Å²) in [4.78, 5) is 48.5. The lowest BCUT2D eigenvalue weighted by Gasteiger charge is -2.18. The van der Waals surface area contributed by atoms with E-state index in [2.05, 4.69) is 10.6 Å².